The molecule has 3 nitrogen and oxygen atoms in total. The molecule has 0 saturated heterocycles. The number of halogens is 1. The Hall–Kier alpha value is -0.770. The fourth-order valence-electron chi connectivity index (χ4n) is 2.70. The van der Waals surface area contributed by atoms with E-state index in [1.165, 1.54) is 6.42 Å². The third-order valence-corrected chi connectivity index (χ3v) is 4.02. The van der Waals surface area contributed by atoms with E-state index in [1.807, 2.05) is 19.2 Å². The first-order valence-electron chi connectivity index (χ1n) is 6.50. The summed E-state index contributed by atoms with van der Waals surface area (Å²) in [6, 6.07) is 5.78. The number of rotatable bonds is 3. The van der Waals surface area contributed by atoms with Crippen LogP contribution in [-0.4, -0.2) is 29.2 Å². The molecule has 1 saturated carbocycles. The molecule has 100 valence electrons. The highest BCUT2D eigenvalue weighted by atomic mass is 35.5. The molecule has 0 heterocycles. The van der Waals surface area contributed by atoms with Gasteiger partial charge in [0.05, 0.1) is 6.10 Å². The Balaban J connectivity index is 2.05. The van der Waals surface area contributed by atoms with Crippen molar-refractivity contribution in [1.82, 2.24) is 4.90 Å². The molecule has 1 aromatic carbocycles. The quantitative estimate of drug-likeness (QED) is 0.829. The van der Waals surface area contributed by atoms with Gasteiger partial charge in [-0.05, 0) is 43.7 Å². The minimum absolute atomic E-state index is 0.218. The Morgan fingerprint density at radius 3 is 2.83 bits per heavy atom. The van der Waals surface area contributed by atoms with Crippen LogP contribution in [0.4, 0.5) is 5.69 Å². The maximum absolute atomic E-state index is 10.0. The summed E-state index contributed by atoms with van der Waals surface area (Å²) in [7, 11) is 2.04. The molecule has 0 bridgehead atoms. The van der Waals surface area contributed by atoms with E-state index in [9.17, 15) is 5.11 Å². The summed E-state index contributed by atoms with van der Waals surface area (Å²) in [6.07, 6.45) is 4.06. The molecule has 1 aliphatic rings. The smallest absolute Gasteiger partial charge is 0.0695 e. The van der Waals surface area contributed by atoms with E-state index in [2.05, 4.69) is 4.90 Å². The maximum atomic E-state index is 10.0. The van der Waals surface area contributed by atoms with Gasteiger partial charge in [0.15, 0.2) is 0 Å². The molecule has 4 heteroatoms. The summed E-state index contributed by atoms with van der Waals surface area (Å²) in [5, 5.41) is 10.7. The van der Waals surface area contributed by atoms with Crippen LogP contribution in [-0.2, 0) is 6.54 Å². The molecule has 2 atom stereocenters. The van der Waals surface area contributed by atoms with Crippen LogP contribution in [0.2, 0.25) is 5.02 Å². The molecule has 0 spiro atoms. The fourth-order valence-corrected chi connectivity index (χ4v) is 2.90. The lowest BCUT2D eigenvalue weighted by atomic mass is 9.91. The number of likely N-dealkylation sites (N-methyl/N-ethyl adjacent to an activating group) is 1. The van der Waals surface area contributed by atoms with Crippen molar-refractivity contribution in [2.24, 2.45) is 0 Å². The Morgan fingerprint density at radius 2 is 2.11 bits per heavy atom. The van der Waals surface area contributed by atoms with Gasteiger partial charge in [0.25, 0.3) is 0 Å². The lowest BCUT2D eigenvalue weighted by Crippen LogP contribution is -2.42. The van der Waals surface area contributed by atoms with Crippen LogP contribution in [0.1, 0.15) is 31.2 Å². The molecule has 3 N–H and O–H groups in total. The predicted molar refractivity (Wildman–Crippen MR) is 75.6 cm³/mol. The molecule has 1 fully saturated rings. The second-order valence-corrected chi connectivity index (χ2v) is 5.61. The van der Waals surface area contributed by atoms with Gasteiger partial charge in [0.2, 0.25) is 0 Å². The van der Waals surface area contributed by atoms with Gasteiger partial charge in [-0.3, -0.25) is 4.90 Å². The predicted octanol–water partition coefficient (Wildman–Crippen LogP) is 2.66. The average Bonchev–Trinajstić information content (AvgIpc) is 2.34. The van der Waals surface area contributed by atoms with E-state index < -0.39 is 0 Å². The molecule has 2 unspecified atom stereocenters. The van der Waals surface area contributed by atoms with Crippen LogP contribution in [0.5, 0.6) is 0 Å². The summed E-state index contributed by atoms with van der Waals surface area (Å²) in [6.45, 7) is 0.730. The molecule has 18 heavy (non-hydrogen) atoms. The van der Waals surface area contributed by atoms with Gasteiger partial charge in [-0.2, -0.15) is 0 Å². The lowest BCUT2D eigenvalue weighted by molar-refractivity contribution is 0.0289. The number of aliphatic hydroxyl groups is 1. The van der Waals surface area contributed by atoms with Crippen molar-refractivity contribution >= 4 is 17.3 Å². The normalized spacial score (nSPS) is 24.4. The average molecular weight is 269 g/mol. The molecule has 1 aliphatic carbocycles. The highest BCUT2D eigenvalue weighted by Crippen LogP contribution is 2.25. The Morgan fingerprint density at radius 1 is 1.39 bits per heavy atom. The summed E-state index contributed by atoms with van der Waals surface area (Å²) < 4.78 is 0. The molecular weight excluding hydrogens is 248 g/mol. The van der Waals surface area contributed by atoms with E-state index in [0.29, 0.717) is 5.02 Å². The zero-order chi connectivity index (χ0) is 13.1. The molecule has 0 aliphatic heterocycles. The molecular formula is C14H21ClN2O. The number of hydrogen-bond acceptors (Lipinski definition) is 3. The van der Waals surface area contributed by atoms with Crippen molar-refractivity contribution in [3.05, 3.63) is 28.8 Å². The lowest BCUT2D eigenvalue weighted by Gasteiger charge is -2.35. The number of nitrogen functional groups attached to an aromatic ring is 1. The Kier molecular flexibility index (Phi) is 4.49. The Bertz CT molecular complexity index is 411. The number of nitrogens with zero attached hydrogens (tertiary/aromatic N) is 1. The van der Waals surface area contributed by atoms with Gasteiger partial charge in [-0.15, -0.1) is 0 Å². The van der Waals surface area contributed by atoms with Crippen LogP contribution >= 0.6 is 11.6 Å². The van der Waals surface area contributed by atoms with Crippen LogP contribution in [0.15, 0.2) is 18.2 Å². The number of nitrogens with two attached hydrogens (primary N) is 1. The van der Waals surface area contributed by atoms with Crippen molar-refractivity contribution in [2.75, 3.05) is 12.8 Å². The molecule has 1 aromatic rings. The zero-order valence-electron chi connectivity index (χ0n) is 10.8. The first-order valence-corrected chi connectivity index (χ1v) is 6.88. The van der Waals surface area contributed by atoms with E-state index in [1.54, 1.807) is 6.07 Å². The largest absolute Gasteiger partial charge is 0.398 e. The van der Waals surface area contributed by atoms with Gasteiger partial charge in [-0.25, -0.2) is 0 Å². The second kappa shape index (κ2) is 5.91. The van der Waals surface area contributed by atoms with Gasteiger partial charge in [-0.1, -0.05) is 24.4 Å². The highest BCUT2D eigenvalue weighted by Gasteiger charge is 2.26. The van der Waals surface area contributed by atoms with E-state index in [0.717, 1.165) is 37.1 Å². The summed E-state index contributed by atoms with van der Waals surface area (Å²) >= 11 is 5.99. The van der Waals surface area contributed by atoms with Crippen molar-refractivity contribution in [2.45, 2.75) is 44.4 Å². The number of hydrogen-bond donors (Lipinski definition) is 2. The first-order chi connectivity index (χ1) is 8.58. The minimum atomic E-state index is -0.218. The van der Waals surface area contributed by atoms with Crippen molar-refractivity contribution < 1.29 is 5.11 Å². The van der Waals surface area contributed by atoms with Crippen molar-refractivity contribution in [1.29, 1.82) is 0 Å². The van der Waals surface area contributed by atoms with Crippen molar-refractivity contribution in [3.8, 4) is 0 Å². The SMILES string of the molecule is CN(Cc1cc(Cl)ccc1N)C1CCCCC1O. The molecule has 2 rings (SSSR count). The second-order valence-electron chi connectivity index (χ2n) is 5.18. The van der Waals surface area contributed by atoms with Gasteiger partial charge in [0.1, 0.15) is 0 Å². The molecule has 0 amide bonds. The van der Waals surface area contributed by atoms with Gasteiger partial charge in [0, 0.05) is 23.3 Å². The van der Waals surface area contributed by atoms with Crippen LogP contribution in [0.25, 0.3) is 0 Å². The number of aliphatic hydroxyl groups excluding tert-OH is 1. The topological polar surface area (TPSA) is 49.5 Å². The number of benzene rings is 1. The van der Waals surface area contributed by atoms with Crippen LogP contribution in [0.3, 0.4) is 0 Å². The van der Waals surface area contributed by atoms with E-state index in [4.69, 9.17) is 17.3 Å². The van der Waals surface area contributed by atoms with Crippen molar-refractivity contribution in [3.63, 3.8) is 0 Å². The molecule has 0 radical (unpaired) electrons. The summed E-state index contributed by atoms with van der Waals surface area (Å²) in [5.74, 6) is 0. The fraction of sp³-hybridized carbons (Fsp3) is 0.571. The first kappa shape index (κ1) is 13.7. The third kappa shape index (κ3) is 3.16. The van der Waals surface area contributed by atoms with E-state index in [-0.39, 0.29) is 12.1 Å². The standard InChI is InChI=1S/C14H21ClN2O/c1-17(13-4-2-3-5-14(13)18)9-10-8-11(15)6-7-12(10)16/h6-8,13-14,18H,2-5,9,16H2,1H3. The van der Waals surface area contributed by atoms with Crippen LogP contribution < -0.4 is 5.73 Å². The van der Waals surface area contributed by atoms with Crippen LogP contribution in [0, 0.1) is 0 Å². The maximum Gasteiger partial charge on any atom is 0.0695 e. The monoisotopic (exact) mass is 268 g/mol. The summed E-state index contributed by atoms with van der Waals surface area (Å²) in [5.41, 5.74) is 7.75. The summed E-state index contributed by atoms with van der Waals surface area (Å²) in [4.78, 5) is 2.19. The highest BCUT2D eigenvalue weighted by molar-refractivity contribution is 6.30. The molecule has 0 aromatic heterocycles. The van der Waals surface area contributed by atoms with Gasteiger partial charge < -0.3 is 10.8 Å². The Labute approximate surface area is 114 Å². The number of anilines is 1. The van der Waals surface area contributed by atoms with E-state index >= 15 is 0 Å². The zero-order valence-corrected chi connectivity index (χ0v) is 11.5. The van der Waals surface area contributed by atoms with Gasteiger partial charge >= 0.3 is 0 Å². The minimum Gasteiger partial charge on any atom is -0.398 e. The third-order valence-electron chi connectivity index (χ3n) is 3.78.